The average molecular weight is 233 g/mol. The second-order valence-electron chi connectivity index (χ2n) is 2.36. The second-order valence-corrected chi connectivity index (χ2v) is 3.27. The lowest BCUT2D eigenvalue weighted by atomic mass is 10.3. The molecule has 0 N–H and O–H groups in total. The average Bonchev–Trinajstić information content (AvgIpc) is 2.03. The van der Waals surface area contributed by atoms with E-state index < -0.39 is 0 Å². The zero-order chi connectivity index (χ0) is 9.14. The maximum absolute atomic E-state index is 5.14. The van der Waals surface area contributed by atoms with Gasteiger partial charge in [-0.25, -0.2) is 0 Å². The minimum atomic E-state index is 0.709. The Hall–Kier alpha value is -0.770. The van der Waals surface area contributed by atoms with Crippen LogP contribution in [0.25, 0.3) is 0 Å². The molecule has 0 aliphatic rings. The van der Waals surface area contributed by atoms with Gasteiger partial charge in [0.1, 0.15) is 7.11 Å². The number of ether oxygens (including phenoxy) is 1. The van der Waals surface area contributed by atoms with Crippen LogP contribution in [0.15, 0.2) is 16.7 Å². The number of rotatable bonds is 2. The number of nitrogens with zero attached hydrogens (tertiary/aromatic N) is 1. The lowest BCUT2D eigenvalue weighted by Crippen LogP contribution is -2.42. The molecule has 0 fully saturated rings. The summed E-state index contributed by atoms with van der Waals surface area (Å²) in [5, 5.41) is 0. The molecular weight excluding hydrogens is 222 g/mol. The van der Waals surface area contributed by atoms with Crippen molar-refractivity contribution in [1.82, 2.24) is 0 Å². The van der Waals surface area contributed by atoms with E-state index in [0.717, 1.165) is 10.0 Å². The van der Waals surface area contributed by atoms with Crippen LogP contribution in [0.2, 0.25) is 0 Å². The molecule has 0 bridgehead atoms. The van der Waals surface area contributed by atoms with Gasteiger partial charge in [-0.05, 0) is 28.9 Å². The van der Waals surface area contributed by atoms with E-state index in [0.29, 0.717) is 5.88 Å². The first-order valence-corrected chi connectivity index (χ1v) is 4.28. The minimum Gasteiger partial charge on any atom is -0.444 e. The SMILES string of the molecule is COc1c(C)cc(Br)c[n+]1OC. The largest absolute Gasteiger partial charge is 0.444 e. The van der Waals surface area contributed by atoms with Crippen molar-refractivity contribution in [3.8, 4) is 5.88 Å². The molecule has 1 rings (SSSR count). The molecule has 3 nitrogen and oxygen atoms in total. The first-order valence-electron chi connectivity index (χ1n) is 3.49. The van der Waals surface area contributed by atoms with Gasteiger partial charge in [0, 0.05) is 4.73 Å². The molecule has 0 saturated carbocycles. The number of methoxy groups -OCH3 is 1. The molecule has 0 aromatic carbocycles. The van der Waals surface area contributed by atoms with Crippen molar-refractivity contribution in [3.05, 3.63) is 22.3 Å². The maximum atomic E-state index is 5.14. The van der Waals surface area contributed by atoms with Gasteiger partial charge < -0.3 is 4.74 Å². The predicted molar refractivity (Wildman–Crippen MR) is 48.1 cm³/mol. The molecule has 4 heteroatoms. The molecule has 1 aromatic rings. The summed E-state index contributed by atoms with van der Waals surface area (Å²) in [4.78, 5) is 5.06. The summed E-state index contributed by atoms with van der Waals surface area (Å²) < 4.78 is 7.67. The summed E-state index contributed by atoms with van der Waals surface area (Å²) in [6.07, 6.45) is 1.80. The highest BCUT2D eigenvalue weighted by Gasteiger charge is 2.16. The van der Waals surface area contributed by atoms with Crippen molar-refractivity contribution in [1.29, 1.82) is 0 Å². The molecule has 66 valence electrons. The van der Waals surface area contributed by atoms with Crippen LogP contribution in [0.4, 0.5) is 0 Å². The van der Waals surface area contributed by atoms with Gasteiger partial charge in [0.25, 0.3) is 0 Å². The lowest BCUT2D eigenvalue weighted by molar-refractivity contribution is -0.887. The number of aromatic nitrogens is 1. The van der Waals surface area contributed by atoms with E-state index in [4.69, 9.17) is 9.57 Å². The first kappa shape index (κ1) is 9.32. The molecule has 0 aliphatic carbocycles. The van der Waals surface area contributed by atoms with E-state index in [1.54, 1.807) is 25.1 Å². The number of hydrogen-bond donors (Lipinski definition) is 0. The van der Waals surface area contributed by atoms with Crippen LogP contribution in [0.1, 0.15) is 5.56 Å². The molecule has 0 amide bonds. The third-order valence-electron chi connectivity index (χ3n) is 1.52. The Morgan fingerprint density at radius 3 is 2.58 bits per heavy atom. The van der Waals surface area contributed by atoms with E-state index in [1.165, 1.54) is 0 Å². The normalized spacial score (nSPS) is 9.67. The Bertz CT molecular complexity index is 289. The zero-order valence-electron chi connectivity index (χ0n) is 7.30. The fourth-order valence-electron chi connectivity index (χ4n) is 1.04. The number of aryl methyl sites for hydroxylation is 1. The molecule has 1 aromatic heterocycles. The summed E-state index contributed by atoms with van der Waals surface area (Å²) >= 11 is 3.36. The van der Waals surface area contributed by atoms with Crippen molar-refractivity contribution < 1.29 is 14.3 Å². The number of pyridine rings is 1. The van der Waals surface area contributed by atoms with Crippen molar-refractivity contribution in [2.24, 2.45) is 0 Å². The van der Waals surface area contributed by atoms with Crippen LogP contribution >= 0.6 is 15.9 Å². The Labute approximate surface area is 80.0 Å². The predicted octanol–water partition coefficient (Wildman–Crippen LogP) is 1.11. The maximum Gasteiger partial charge on any atom is 0.419 e. The fourth-order valence-corrected chi connectivity index (χ4v) is 1.57. The smallest absolute Gasteiger partial charge is 0.419 e. The summed E-state index contributed by atoms with van der Waals surface area (Å²) in [7, 11) is 3.21. The van der Waals surface area contributed by atoms with Crippen molar-refractivity contribution in [2.75, 3.05) is 14.2 Å². The van der Waals surface area contributed by atoms with Crippen LogP contribution in [-0.4, -0.2) is 14.2 Å². The third-order valence-corrected chi connectivity index (χ3v) is 1.96. The van der Waals surface area contributed by atoms with Crippen molar-refractivity contribution in [2.45, 2.75) is 6.92 Å². The number of hydrogen-bond acceptors (Lipinski definition) is 2. The van der Waals surface area contributed by atoms with Gasteiger partial charge in [0.15, 0.2) is 0 Å². The van der Waals surface area contributed by atoms with Crippen LogP contribution in [0.3, 0.4) is 0 Å². The third kappa shape index (κ3) is 1.69. The highest BCUT2D eigenvalue weighted by atomic mass is 79.9. The highest BCUT2D eigenvalue weighted by molar-refractivity contribution is 9.10. The van der Waals surface area contributed by atoms with Gasteiger partial charge in [0.2, 0.25) is 6.20 Å². The summed E-state index contributed by atoms with van der Waals surface area (Å²) in [6.45, 7) is 1.96. The molecule has 1 heterocycles. The van der Waals surface area contributed by atoms with E-state index in [2.05, 4.69) is 15.9 Å². The zero-order valence-corrected chi connectivity index (χ0v) is 8.88. The molecule has 0 aliphatic heterocycles. The minimum absolute atomic E-state index is 0.709. The number of halogens is 1. The summed E-state index contributed by atoms with van der Waals surface area (Å²) in [5.74, 6) is 0.709. The quantitative estimate of drug-likeness (QED) is 0.714. The van der Waals surface area contributed by atoms with Crippen molar-refractivity contribution in [3.63, 3.8) is 0 Å². The van der Waals surface area contributed by atoms with Gasteiger partial charge in [0.05, 0.1) is 17.1 Å². The topological polar surface area (TPSA) is 22.3 Å². The highest BCUT2D eigenvalue weighted by Crippen LogP contribution is 2.15. The van der Waals surface area contributed by atoms with E-state index in [9.17, 15) is 0 Å². The molecule has 0 spiro atoms. The standard InChI is InChI=1S/C8H11BrNO2/c1-6-4-7(9)5-10(12-3)8(6)11-2/h4-5H,1-3H3/q+1. The van der Waals surface area contributed by atoms with E-state index in [-0.39, 0.29) is 0 Å². The Kier molecular flexibility index (Phi) is 2.92. The van der Waals surface area contributed by atoms with E-state index >= 15 is 0 Å². The van der Waals surface area contributed by atoms with Gasteiger partial charge in [-0.1, -0.05) is 0 Å². The van der Waals surface area contributed by atoms with Gasteiger partial charge in [-0.15, -0.1) is 0 Å². The Balaban J connectivity index is 3.24. The van der Waals surface area contributed by atoms with E-state index in [1.807, 2.05) is 13.0 Å². The monoisotopic (exact) mass is 232 g/mol. The van der Waals surface area contributed by atoms with Crippen molar-refractivity contribution >= 4 is 15.9 Å². The first-order chi connectivity index (χ1) is 5.69. The van der Waals surface area contributed by atoms with Crippen LogP contribution in [0, 0.1) is 6.92 Å². The summed E-state index contributed by atoms with van der Waals surface area (Å²) in [6, 6.07) is 1.97. The lowest BCUT2D eigenvalue weighted by Gasteiger charge is -2.01. The van der Waals surface area contributed by atoms with Gasteiger partial charge in [-0.3, -0.25) is 4.84 Å². The summed E-state index contributed by atoms with van der Waals surface area (Å²) in [5.41, 5.74) is 1.02. The molecular formula is C8H11BrNO2+. The Morgan fingerprint density at radius 1 is 1.42 bits per heavy atom. The molecule has 0 saturated heterocycles. The van der Waals surface area contributed by atoms with Crippen LogP contribution < -0.4 is 14.3 Å². The van der Waals surface area contributed by atoms with Gasteiger partial charge in [-0.2, -0.15) is 0 Å². The van der Waals surface area contributed by atoms with Crippen LogP contribution in [0.5, 0.6) is 5.88 Å². The molecule has 12 heavy (non-hydrogen) atoms. The Morgan fingerprint density at radius 2 is 2.08 bits per heavy atom. The second kappa shape index (κ2) is 3.76. The molecule has 0 unspecified atom stereocenters. The van der Waals surface area contributed by atoms with Crippen LogP contribution in [-0.2, 0) is 0 Å². The molecule has 0 radical (unpaired) electrons. The fraction of sp³-hybridized carbons (Fsp3) is 0.375. The van der Waals surface area contributed by atoms with Gasteiger partial charge >= 0.3 is 5.88 Å². The molecule has 0 atom stereocenters.